The molecule has 0 saturated heterocycles. The summed E-state index contributed by atoms with van der Waals surface area (Å²) >= 11 is 0. The summed E-state index contributed by atoms with van der Waals surface area (Å²) in [5.74, 6) is 0.370. The molecule has 0 saturated carbocycles. The summed E-state index contributed by atoms with van der Waals surface area (Å²) in [6, 6.07) is 0. The molecule has 0 aromatic heterocycles. The van der Waals surface area contributed by atoms with Gasteiger partial charge in [0.25, 0.3) is 0 Å². The predicted octanol–water partition coefficient (Wildman–Crippen LogP) is 3.14. The Bertz CT molecular complexity index is 136. The zero-order valence-electron chi connectivity index (χ0n) is 8.80. The van der Waals surface area contributed by atoms with Gasteiger partial charge in [-0.05, 0) is 25.7 Å². The van der Waals surface area contributed by atoms with Gasteiger partial charge in [0.15, 0.2) is 0 Å². The van der Waals surface area contributed by atoms with Gasteiger partial charge in [0.05, 0.1) is 6.10 Å². The third kappa shape index (κ3) is 5.36. The van der Waals surface area contributed by atoms with E-state index < -0.39 is 0 Å². The van der Waals surface area contributed by atoms with E-state index in [1.807, 2.05) is 0 Å². The zero-order valence-corrected chi connectivity index (χ0v) is 8.80. The van der Waals surface area contributed by atoms with Crippen molar-refractivity contribution in [2.24, 2.45) is 5.92 Å². The van der Waals surface area contributed by atoms with Crippen LogP contribution in [0.3, 0.4) is 0 Å². The van der Waals surface area contributed by atoms with Crippen LogP contribution in [0.15, 0.2) is 11.6 Å². The maximum Gasteiger partial charge on any atom is 0.0600 e. The number of allylic oxidation sites excluding steroid dienone is 1. The van der Waals surface area contributed by atoms with Crippen molar-refractivity contribution in [3.05, 3.63) is 11.6 Å². The summed E-state index contributed by atoms with van der Waals surface area (Å²) < 4.78 is 0. The highest BCUT2D eigenvalue weighted by Crippen LogP contribution is 2.12. The van der Waals surface area contributed by atoms with Crippen LogP contribution in [0.4, 0.5) is 0 Å². The van der Waals surface area contributed by atoms with Crippen molar-refractivity contribution in [1.29, 1.82) is 0 Å². The molecule has 0 aliphatic carbocycles. The summed E-state index contributed by atoms with van der Waals surface area (Å²) in [6.07, 6.45) is 5.22. The quantitative estimate of drug-likeness (QED) is 0.628. The summed E-state index contributed by atoms with van der Waals surface area (Å²) in [7, 11) is 0. The third-order valence-electron chi connectivity index (χ3n) is 2.08. The fraction of sp³-hybridized carbons (Fsp3) is 0.818. The normalized spacial score (nSPS) is 15.3. The molecule has 0 amide bonds. The average molecular weight is 170 g/mol. The highest BCUT2D eigenvalue weighted by molar-refractivity contribution is 4.99. The Hall–Kier alpha value is -0.300. The molecule has 0 heterocycles. The van der Waals surface area contributed by atoms with E-state index in [9.17, 15) is 5.11 Å². The fourth-order valence-electron chi connectivity index (χ4n) is 1.04. The largest absolute Gasteiger partial charge is 0.393 e. The second kappa shape index (κ2) is 6.24. The van der Waals surface area contributed by atoms with Crippen LogP contribution in [0.5, 0.6) is 0 Å². The maximum atomic E-state index is 9.56. The highest BCUT2D eigenvalue weighted by Gasteiger charge is 2.08. The van der Waals surface area contributed by atoms with Gasteiger partial charge >= 0.3 is 0 Å². The molecule has 0 bridgehead atoms. The van der Waals surface area contributed by atoms with Crippen LogP contribution >= 0.6 is 0 Å². The van der Waals surface area contributed by atoms with Gasteiger partial charge in [0.1, 0.15) is 0 Å². The number of unbranched alkanes of at least 4 members (excludes halogenated alkanes) is 1. The number of hydrogen-bond acceptors (Lipinski definition) is 1. The molecule has 1 atom stereocenters. The van der Waals surface area contributed by atoms with Gasteiger partial charge in [-0.25, -0.2) is 0 Å². The summed E-state index contributed by atoms with van der Waals surface area (Å²) in [6.45, 7) is 8.37. The topological polar surface area (TPSA) is 20.2 Å². The van der Waals surface area contributed by atoms with Crippen LogP contribution in [0.1, 0.15) is 47.0 Å². The monoisotopic (exact) mass is 170 g/mol. The lowest BCUT2D eigenvalue weighted by Gasteiger charge is -2.14. The smallest absolute Gasteiger partial charge is 0.0600 e. The highest BCUT2D eigenvalue weighted by atomic mass is 16.3. The second-order valence-electron chi connectivity index (χ2n) is 3.85. The van der Waals surface area contributed by atoms with Crippen molar-refractivity contribution in [1.82, 2.24) is 0 Å². The minimum atomic E-state index is -0.168. The fourth-order valence-corrected chi connectivity index (χ4v) is 1.04. The Morgan fingerprint density at radius 3 is 2.42 bits per heavy atom. The minimum Gasteiger partial charge on any atom is -0.393 e. The summed E-state index contributed by atoms with van der Waals surface area (Å²) in [5.41, 5.74) is 1.32. The lowest BCUT2D eigenvalue weighted by Crippen LogP contribution is -2.14. The van der Waals surface area contributed by atoms with Crippen molar-refractivity contribution in [2.45, 2.75) is 53.1 Å². The number of aliphatic hydroxyl groups is 1. The molecule has 1 unspecified atom stereocenters. The van der Waals surface area contributed by atoms with Gasteiger partial charge in [-0.15, -0.1) is 0 Å². The Balaban J connectivity index is 3.74. The van der Waals surface area contributed by atoms with Crippen molar-refractivity contribution < 1.29 is 5.11 Å². The predicted molar refractivity (Wildman–Crippen MR) is 54.1 cm³/mol. The lowest BCUT2D eigenvalue weighted by molar-refractivity contribution is 0.125. The Labute approximate surface area is 76.5 Å². The van der Waals surface area contributed by atoms with E-state index in [0.717, 1.165) is 12.8 Å². The number of rotatable bonds is 5. The molecule has 0 rings (SSSR count). The van der Waals surface area contributed by atoms with Crippen molar-refractivity contribution in [2.75, 3.05) is 0 Å². The first-order valence-electron chi connectivity index (χ1n) is 4.91. The van der Waals surface area contributed by atoms with Crippen molar-refractivity contribution >= 4 is 0 Å². The molecule has 0 radical (unpaired) electrons. The molecule has 0 spiro atoms. The van der Waals surface area contributed by atoms with Crippen LogP contribution in [0.25, 0.3) is 0 Å². The number of hydrogen-bond donors (Lipinski definition) is 1. The Kier molecular flexibility index (Phi) is 6.09. The molecular weight excluding hydrogens is 148 g/mol. The van der Waals surface area contributed by atoms with E-state index >= 15 is 0 Å². The molecule has 12 heavy (non-hydrogen) atoms. The van der Waals surface area contributed by atoms with Gasteiger partial charge in [-0.1, -0.05) is 38.8 Å². The van der Waals surface area contributed by atoms with Gasteiger partial charge in [0.2, 0.25) is 0 Å². The van der Waals surface area contributed by atoms with Gasteiger partial charge in [0, 0.05) is 0 Å². The molecule has 0 fully saturated rings. The first kappa shape index (κ1) is 11.7. The van der Waals surface area contributed by atoms with E-state index in [1.165, 1.54) is 12.0 Å². The van der Waals surface area contributed by atoms with Crippen LogP contribution in [-0.4, -0.2) is 11.2 Å². The van der Waals surface area contributed by atoms with Crippen LogP contribution < -0.4 is 0 Å². The van der Waals surface area contributed by atoms with E-state index in [4.69, 9.17) is 0 Å². The first-order valence-corrected chi connectivity index (χ1v) is 4.91. The molecule has 0 aliphatic rings. The average Bonchev–Trinajstić information content (AvgIpc) is 2.00. The Morgan fingerprint density at radius 1 is 1.42 bits per heavy atom. The summed E-state index contributed by atoms with van der Waals surface area (Å²) in [5, 5.41) is 9.56. The minimum absolute atomic E-state index is 0.168. The lowest BCUT2D eigenvalue weighted by atomic mass is 9.99. The Morgan fingerprint density at radius 2 is 2.00 bits per heavy atom. The second-order valence-corrected chi connectivity index (χ2v) is 3.85. The molecular formula is C11H22O. The van der Waals surface area contributed by atoms with Crippen LogP contribution in [0, 0.1) is 5.92 Å². The van der Waals surface area contributed by atoms with Gasteiger partial charge in [-0.3, -0.25) is 0 Å². The van der Waals surface area contributed by atoms with E-state index in [0.29, 0.717) is 5.92 Å². The standard InChI is InChI=1S/C11H22O/c1-5-6-7-10(4)8-11(12)9(2)3/h7,9,11-12H,5-6,8H2,1-4H3/b10-7-. The molecule has 1 nitrogen and oxygen atoms in total. The van der Waals surface area contributed by atoms with Gasteiger partial charge in [-0.2, -0.15) is 0 Å². The van der Waals surface area contributed by atoms with E-state index in [1.54, 1.807) is 0 Å². The molecule has 72 valence electrons. The van der Waals surface area contributed by atoms with Crippen LogP contribution in [-0.2, 0) is 0 Å². The van der Waals surface area contributed by atoms with Crippen LogP contribution in [0.2, 0.25) is 0 Å². The van der Waals surface area contributed by atoms with Crippen molar-refractivity contribution in [3.63, 3.8) is 0 Å². The van der Waals surface area contributed by atoms with E-state index in [-0.39, 0.29) is 6.10 Å². The molecule has 1 N–H and O–H groups in total. The number of aliphatic hydroxyl groups excluding tert-OH is 1. The van der Waals surface area contributed by atoms with Gasteiger partial charge < -0.3 is 5.11 Å². The molecule has 0 aromatic rings. The maximum absolute atomic E-state index is 9.56. The first-order chi connectivity index (χ1) is 5.57. The summed E-state index contributed by atoms with van der Waals surface area (Å²) in [4.78, 5) is 0. The molecule has 1 heteroatoms. The SMILES string of the molecule is CCC/C=C(/C)CC(O)C(C)C. The zero-order chi connectivity index (χ0) is 9.56. The molecule has 0 aliphatic heterocycles. The molecule has 0 aromatic carbocycles. The van der Waals surface area contributed by atoms with E-state index in [2.05, 4.69) is 33.8 Å². The third-order valence-corrected chi connectivity index (χ3v) is 2.08. The van der Waals surface area contributed by atoms with Crippen molar-refractivity contribution in [3.8, 4) is 0 Å².